The third kappa shape index (κ3) is 2.80. The highest BCUT2D eigenvalue weighted by molar-refractivity contribution is 5.12. The van der Waals surface area contributed by atoms with Crippen molar-refractivity contribution in [3.8, 4) is 6.07 Å². The quantitative estimate of drug-likeness (QED) is 0.601. The Kier molecular flexibility index (Phi) is 2.42. The Morgan fingerprint density at radius 3 is 2.00 bits per heavy atom. The standard InChI is InChI=1S/C10H17N3/c1-9(2,3)12-13-10(4,7-11)8-5-6-8/h8H,5-6H2,1-4H3. The second-order valence-electron chi connectivity index (χ2n) is 4.90. The van der Waals surface area contributed by atoms with E-state index in [1.165, 1.54) is 0 Å². The van der Waals surface area contributed by atoms with E-state index in [0.717, 1.165) is 12.8 Å². The predicted molar refractivity (Wildman–Crippen MR) is 51.4 cm³/mol. The molecule has 0 heterocycles. The Balaban J connectivity index is 2.69. The number of hydrogen-bond donors (Lipinski definition) is 0. The molecular weight excluding hydrogens is 162 g/mol. The van der Waals surface area contributed by atoms with Gasteiger partial charge in [0, 0.05) is 0 Å². The van der Waals surface area contributed by atoms with Gasteiger partial charge in [-0.1, -0.05) is 0 Å². The molecule has 1 aliphatic rings. The molecule has 3 heteroatoms. The van der Waals surface area contributed by atoms with Crippen LogP contribution in [0.1, 0.15) is 40.5 Å². The zero-order valence-electron chi connectivity index (χ0n) is 8.83. The highest BCUT2D eigenvalue weighted by atomic mass is 15.2. The molecule has 0 aromatic rings. The van der Waals surface area contributed by atoms with Gasteiger partial charge in [0.05, 0.1) is 11.6 Å². The van der Waals surface area contributed by atoms with Gasteiger partial charge in [-0.15, -0.1) is 0 Å². The zero-order chi connectivity index (χ0) is 10.1. The summed E-state index contributed by atoms with van der Waals surface area (Å²) in [4.78, 5) is 0. The van der Waals surface area contributed by atoms with E-state index in [9.17, 15) is 0 Å². The van der Waals surface area contributed by atoms with E-state index in [4.69, 9.17) is 5.26 Å². The summed E-state index contributed by atoms with van der Waals surface area (Å²) in [6.07, 6.45) is 2.24. The number of azo groups is 1. The maximum absolute atomic E-state index is 8.99. The summed E-state index contributed by atoms with van der Waals surface area (Å²) in [6.45, 7) is 7.84. The fourth-order valence-electron chi connectivity index (χ4n) is 1.09. The van der Waals surface area contributed by atoms with Gasteiger partial charge in [-0.25, -0.2) is 0 Å². The largest absolute Gasteiger partial charge is 0.196 e. The smallest absolute Gasteiger partial charge is 0.167 e. The van der Waals surface area contributed by atoms with Crippen LogP contribution in [0.3, 0.4) is 0 Å². The molecule has 1 atom stereocenters. The first-order valence-corrected chi connectivity index (χ1v) is 4.73. The van der Waals surface area contributed by atoms with Crippen molar-refractivity contribution in [2.45, 2.75) is 51.6 Å². The van der Waals surface area contributed by atoms with E-state index in [0.29, 0.717) is 5.92 Å². The molecule has 0 aromatic heterocycles. The third-order valence-corrected chi connectivity index (χ3v) is 2.16. The van der Waals surface area contributed by atoms with Gasteiger partial charge in [0.25, 0.3) is 0 Å². The summed E-state index contributed by atoms with van der Waals surface area (Å²) in [5.41, 5.74) is -0.750. The van der Waals surface area contributed by atoms with Crippen molar-refractivity contribution in [3.63, 3.8) is 0 Å². The second kappa shape index (κ2) is 3.10. The monoisotopic (exact) mass is 179 g/mol. The van der Waals surface area contributed by atoms with Crippen LogP contribution in [0.15, 0.2) is 10.2 Å². The lowest BCUT2D eigenvalue weighted by atomic mass is 10.00. The van der Waals surface area contributed by atoms with Crippen LogP contribution in [0.4, 0.5) is 0 Å². The molecular formula is C10H17N3. The summed E-state index contributed by atoms with van der Waals surface area (Å²) >= 11 is 0. The minimum absolute atomic E-state index is 0.174. The molecule has 13 heavy (non-hydrogen) atoms. The van der Waals surface area contributed by atoms with Crippen LogP contribution in [0.2, 0.25) is 0 Å². The van der Waals surface area contributed by atoms with Crippen LogP contribution in [0.5, 0.6) is 0 Å². The fraction of sp³-hybridized carbons (Fsp3) is 0.900. The molecule has 0 spiro atoms. The van der Waals surface area contributed by atoms with Crippen LogP contribution in [0.25, 0.3) is 0 Å². The number of nitrogens with zero attached hydrogens (tertiary/aromatic N) is 3. The molecule has 1 unspecified atom stereocenters. The average Bonchev–Trinajstić information content (AvgIpc) is 2.81. The van der Waals surface area contributed by atoms with Gasteiger partial charge in [-0.05, 0) is 46.5 Å². The van der Waals surface area contributed by atoms with Crippen molar-refractivity contribution in [2.24, 2.45) is 16.1 Å². The van der Waals surface area contributed by atoms with Crippen LogP contribution in [-0.2, 0) is 0 Å². The molecule has 0 aliphatic heterocycles. The molecule has 1 fully saturated rings. The van der Waals surface area contributed by atoms with E-state index in [-0.39, 0.29) is 5.54 Å². The minimum Gasteiger partial charge on any atom is -0.196 e. The first-order chi connectivity index (χ1) is 5.87. The van der Waals surface area contributed by atoms with Gasteiger partial charge in [-0.2, -0.15) is 15.5 Å². The Morgan fingerprint density at radius 1 is 1.15 bits per heavy atom. The van der Waals surface area contributed by atoms with E-state index in [1.807, 2.05) is 27.7 Å². The second-order valence-corrected chi connectivity index (χ2v) is 4.90. The molecule has 3 nitrogen and oxygen atoms in total. The molecule has 1 saturated carbocycles. The first kappa shape index (κ1) is 10.2. The van der Waals surface area contributed by atoms with Gasteiger partial charge in [-0.3, -0.25) is 0 Å². The van der Waals surface area contributed by atoms with Crippen LogP contribution in [-0.4, -0.2) is 11.1 Å². The number of nitriles is 1. The van der Waals surface area contributed by atoms with Crippen molar-refractivity contribution in [1.82, 2.24) is 0 Å². The van der Waals surface area contributed by atoms with Crippen molar-refractivity contribution in [3.05, 3.63) is 0 Å². The molecule has 0 aromatic carbocycles. The summed E-state index contributed by atoms with van der Waals surface area (Å²) in [6, 6.07) is 2.25. The SMILES string of the molecule is CC(C)(C)N=NC(C)(C#N)C1CC1. The summed E-state index contributed by atoms with van der Waals surface area (Å²) in [7, 11) is 0. The van der Waals surface area contributed by atoms with E-state index in [2.05, 4.69) is 16.3 Å². The van der Waals surface area contributed by atoms with Gasteiger partial charge in [0.15, 0.2) is 5.54 Å². The molecule has 1 rings (SSSR count). The summed E-state index contributed by atoms with van der Waals surface area (Å²) in [5, 5.41) is 17.3. The average molecular weight is 179 g/mol. The summed E-state index contributed by atoms with van der Waals surface area (Å²) < 4.78 is 0. The lowest BCUT2D eigenvalue weighted by Gasteiger charge is -2.17. The highest BCUT2D eigenvalue weighted by Crippen LogP contribution is 2.42. The van der Waals surface area contributed by atoms with Gasteiger partial charge in [0.2, 0.25) is 0 Å². The van der Waals surface area contributed by atoms with Crippen LogP contribution in [0, 0.1) is 17.2 Å². The van der Waals surface area contributed by atoms with Crippen molar-refractivity contribution < 1.29 is 0 Å². The Hall–Kier alpha value is -0.910. The highest BCUT2D eigenvalue weighted by Gasteiger charge is 2.42. The molecule has 0 bridgehead atoms. The number of rotatable bonds is 2. The van der Waals surface area contributed by atoms with Crippen LogP contribution < -0.4 is 0 Å². The normalized spacial score (nSPS) is 22.7. The maximum atomic E-state index is 8.99. The topological polar surface area (TPSA) is 48.5 Å². The molecule has 0 saturated heterocycles. The summed E-state index contributed by atoms with van der Waals surface area (Å²) in [5.74, 6) is 0.434. The van der Waals surface area contributed by atoms with Crippen molar-refractivity contribution in [1.29, 1.82) is 5.26 Å². The third-order valence-electron chi connectivity index (χ3n) is 2.16. The van der Waals surface area contributed by atoms with Gasteiger partial charge in [0.1, 0.15) is 0 Å². The fourth-order valence-corrected chi connectivity index (χ4v) is 1.09. The minimum atomic E-state index is -0.576. The lowest BCUT2D eigenvalue weighted by molar-refractivity contribution is 0.444. The van der Waals surface area contributed by atoms with Gasteiger partial charge >= 0.3 is 0 Å². The van der Waals surface area contributed by atoms with Gasteiger partial charge < -0.3 is 0 Å². The molecule has 0 amide bonds. The molecule has 1 aliphatic carbocycles. The number of hydrogen-bond acceptors (Lipinski definition) is 3. The van der Waals surface area contributed by atoms with Crippen LogP contribution >= 0.6 is 0 Å². The molecule has 0 radical (unpaired) electrons. The lowest BCUT2D eigenvalue weighted by Crippen LogP contribution is -2.23. The van der Waals surface area contributed by atoms with E-state index >= 15 is 0 Å². The zero-order valence-corrected chi connectivity index (χ0v) is 8.83. The Morgan fingerprint density at radius 2 is 1.69 bits per heavy atom. The molecule has 0 N–H and O–H groups in total. The first-order valence-electron chi connectivity index (χ1n) is 4.73. The molecule has 72 valence electrons. The predicted octanol–water partition coefficient (Wildman–Crippen LogP) is 2.93. The van der Waals surface area contributed by atoms with Crippen molar-refractivity contribution in [2.75, 3.05) is 0 Å². The maximum Gasteiger partial charge on any atom is 0.167 e. The van der Waals surface area contributed by atoms with E-state index < -0.39 is 5.54 Å². The van der Waals surface area contributed by atoms with Crippen molar-refractivity contribution >= 4 is 0 Å². The van der Waals surface area contributed by atoms with E-state index in [1.54, 1.807) is 0 Å². The Bertz CT molecular complexity index is 252. The Labute approximate surface area is 79.9 Å².